The number of thiazole rings is 1. The smallest absolute Gasteiger partial charge is 0.215 e. The molecule has 0 bridgehead atoms. The maximum atomic E-state index is 5.62. The molecule has 0 spiro atoms. The first kappa shape index (κ1) is 10.9. The van der Waals surface area contributed by atoms with Crippen LogP contribution in [0.4, 0.5) is 5.69 Å². The van der Waals surface area contributed by atoms with Crippen LogP contribution in [-0.2, 0) is 6.42 Å². The van der Waals surface area contributed by atoms with Gasteiger partial charge in [0, 0.05) is 29.2 Å². The molecule has 0 radical (unpaired) electrons. The summed E-state index contributed by atoms with van der Waals surface area (Å²) in [4.78, 5) is 9.50. The Balaban J connectivity index is 1.87. The highest BCUT2D eigenvalue weighted by Crippen LogP contribution is 2.14. The Morgan fingerprint density at radius 3 is 3.00 bits per heavy atom. The summed E-state index contributed by atoms with van der Waals surface area (Å²) in [6.07, 6.45) is 2.50. The van der Waals surface area contributed by atoms with Gasteiger partial charge in [0.1, 0.15) is 0 Å². The van der Waals surface area contributed by atoms with Gasteiger partial charge in [0.15, 0.2) is 0 Å². The van der Waals surface area contributed by atoms with Crippen LogP contribution in [0.2, 0.25) is 0 Å². The van der Waals surface area contributed by atoms with Crippen LogP contribution in [0, 0.1) is 6.92 Å². The molecule has 0 atom stereocenters. The Kier molecular flexibility index (Phi) is 3.36. The monoisotopic (exact) mass is 235 g/mol. The molecule has 5 heteroatoms. The maximum Gasteiger partial charge on any atom is 0.215 e. The third kappa shape index (κ3) is 2.70. The fourth-order valence-electron chi connectivity index (χ4n) is 1.32. The van der Waals surface area contributed by atoms with E-state index in [0.29, 0.717) is 18.2 Å². The molecule has 0 aliphatic rings. The molecule has 4 nitrogen and oxygen atoms in total. The highest BCUT2D eigenvalue weighted by Gasteiger charge is 2.02. The Bertz CT molecular complexity index is 470. The molecule has 0 saturated heterocycles. The number of rotatable bonds is 4. The van der Waals surface area contributed by atoms with Crippen molar-refractivity contribution in [2.45, 2.75) is 13.3 Å². The third-order valence-corrected chi connectivity index (χ3v) is 3.18. The summed E-state index contributed by atoms with van der Waals surface area (Å²) in [6.45, 7) is 2.60. The van der Waals surface area contributed by atoms with Crippen LogP contribution >= 0.6 is 11.3 Å². The molecule has 0 aliphatic heterocycles. The number of aryl methyl sites for hydroxylation is 1. The van der Waals surface area contributed by atoms with Crippen LogP contribution in [0.25, 0.3) is 0 Å². The standard InChI is InChI=1S/C11H13N3OS/c1-8-10(16-7-14-8)3-5-15-11-6-9(12)2-4-13-11/h2,4,6-7H,3,5H2,1H3,(H2,12,13). The van der Waals surface area contributed by atoms with Gasteiger partial charge in [-0.1, -0.05) is 0 Å². The van der Waals surface area contributed by atoms with Crippen molar-refractivity contribution in [3.63, 3.8) is 0 Å². The molecular weight excluding hydrogens is 222 g/mol. The number of nitrogens with zero attached hydrogens (tertiary/aromatic N) is 2. The number of aromatic nitrogens is 2. The van der Waals surface area contributed by atoms with Crippen molar-refractivity contribution in [1.29, 1.82) is 0 Å². The summed E-state index contributed by atoms with van der Waals surface area (Å²) in [5.74, 6) is 0.571. The van der Waals surface area contributed by atoms with Crippen molar-refractivity contribution in [3.05, 3.63) is 34.4 Å². The van der Waals surface area contributed by atoms with Gasteiger partial charge in [-0.3, -0.25) is 0 Å². The summed E-state index contributed by atoms with van der Waals surface area (Å²) >= 11 is 1.65. The number of pyridine rings is 1. The average Bonchev–Trinajstić information content (AvgIpc) is 2.65. The van der Waals surface area contributed by atoms with Crippen LogP contribution in [-0.4, -0.2) is 16.6 Å². The van der Waals surface area contributed by atoms with Crippen LogP contribution in [0.1, 0.15) is 10.6 Å². The van der Waals surface area contributed by atoms with Crippen molar-refractivity contribution in [2.24, 2.45) is 0 Å². The fraction of sp³-hybridized carbons (Fsp3) is 0.273. The second-order valence-corrected chi connectivity index (χ2v) is 4.33. The molecule has 16 heavy (non-hydrogen) atoms. The predicted molar refractivity (Wildman–Crippen MR) is 64.7 cm³/mol. The Morgan fingerprint density at radius 2 is 2.31 bits per heavy atom. The Morgan fingerprint density at radius 1 is 1.44 bits per heavy atom. The molecule has 2 rings (SSSR count). The second-order valence-electron chi connectivity index (χ2n) is 3.39. The fourth-order valence-corrected chi connectivity index (χ4v) is 2.08. The lowest BCUT2D eigenvalue weighted by atomic mass is 10.3. The van der Waals surface area contributed by atoms with Crippen molar-refractivity contribution in [3.8, 4) is 5.88 Å². The molecule has 0 unspecified atom stereocenters. The summed E-state index contributed by atoms with van der Waals surface area (Å²) in [6, 6.07) is 3.46. The summed E-state index contributed by atoms with van der Waals surface area (Å²) < 4.78 is 5.50. The highest BCUT2D eigenvalue weighted by atomic mass is 32.1. The molecule has 2 heterocycles. The zero-order valence-corrected chi connectivity index (χ0v) is 9.83. The van der Waals surface area contributed by atoms with Gasteiger partial charge in [0.2, 0.25) is 5.88 Å². The van der Waals surface area contributed by atoms with Crippen LogP contribution < -0.4 is 10.5 Å². The molecular formula is C11H13N3OS. The number of anilines is 1. The molecule has 2 N–H and O–H groups in total. The lowest BCUT2D eigenvalue weighted by Crippen LogP contribution is -2.02. The minimum Gasteiger partial charge on any atom is -0.477 e. The zero-order valence-electron chi connectivity index (χ0n) is 9.01. The van der Waals surface area contributed by atoms with Gasteiger partial charge in [0.25, 0.3) is 0 Å². The van der Waals surface area contributed by atoms with E-state index in [4.69, 9.17) is 10.5 Å². The van der Waals surface area contributed by atoms with E-state index in [1.807, 2.05) is 12.4 Å². The molecule has 0 aliphatic carbocycles. The SMILES string of the molecule is Cc1ncsc1CCOc1cc(N)ccn1. The van der Waals surface area contributed by atoms with Crippen molar-refractivity contribution in [2.75, 3.05) is 12.3 Å². The van der Waals surface area contributed by atoms with Gasteiger partial charge in [-0.25, -0.2) is 9.97 Å². The number of ether oxygens (including phenoxy) is 1. The van der Waals surface area contributed by atoms with Crippen LogP contribution in [0.5, 0.6) is 5.88 Å². The Hall–Kier alpha value is -1.62. The maximum absolute atomic E-state index is 5.62. The van der Waals surface area contributed by atoms with E-state index in [1.165, 1.54) is 4.88 Å². The molecule has 0 amide bonds. The van der Waals surface area contributed by atoms with Gasteiger partial charge in [-0.15, -0.1) is 11.3 Å². The number of hydrogen-bond donors (Lipinski definition) is 1. The lowest BCUT2D eigenvalue weighted by molar-refractivity contribution is 0.310. The first-order chi connectivity index (χ1) is 7.75. The second kappa shape index (κ2) is 4.94. The summed E-state index contributed by atoms with van der Waals surface area (Å²) in [7, 11) is 0. The van der Waals surface area contributed by atoms with E-state index in [1.54, 1.807) is 29.7 Å². The zero-order chi connectivity index (χ0) is 11.4. The van der Waals surface area contributed by atoms with Gasteiger partial charge < -0.3 is 10.5 Å². The number of nitrogens with two attached hydrogens (primary N) is 1. The minimum atomic E-state index is 0.571. The molecule has 84 valence electrons. The average molecular weight is 235 g/mol. The van der Waals surface area contributed by atoms with E-state index in [0.717, 1.165) is 12.1 Å². The van der Waals surface area contributed by atoms with Crippen LogP contribution in [0.15, 0.2) is 23.8 Å². The first-order valence-electron chi connectivity index (χ1n) is 4.99. The number of hydrogen-bond acceptors (Lipinski definition) is 5. The normalized spacial score (nSPS) is 10.3. The van der Waals surface area contributed by atoms with Crippen LogP contribution in [0.3, 0.4) is 0 Å². The highest BCUT2D eigenvalue weighted by molar-refractivity contribution is 7.09. The quantitative estimate of drug-likeness (QED) is 0.881. The molecule has 2 aromatic heterocycles. The van der Waals surface area contributed by atoms with E-state index >= 15 is 0 Å². The third-order valence-electron chi connectivity index (χ3n) is 2.18. The lowest BCUT2D eigenvalue weighted by Gasteiger charge is -2.04. The summed E-state index contributed by atoms with van der Waals surface area (Å²) in [5.41, 5.74) is 9.22. The molecule has 0 fully saturated rings. The molecule has 0 saturated carbocycles. The van der Waals surface area contributed by atoms with Gasteiger partial charge >= 0.3 is 0 Å². The predicted octanol–water partition coefficient (Wildman–Crippen LogP) is 2.05. The largest absolute Gasteiger partial charge is 0.477 e. The van der Waals surface area contributed by atoms with E-state index in [9.17, 15) is 0 Å². The molecule has 2 aromatic rings. The van der Waals surface area contributed by atoms with E-state index < -0.39 is 0 Å². The van der Waals surface area contributed by atoms with E-state index in [2.05, 4.69) is 9.97 Å². The first-order valence-corrected chi connectivity index (χ1v) is 5.87. The van der Waals surface area contributed by atoms with Crippen molar-refractivity contribution < 1.29 is 4.74 Å². The van der Waals surface area contributed by atoms with Gasteiger partial charge in [-0.2, -0.15) is 0 Å². The minimum absolute atomic E-state index is 0.571. The molecule has 0 aromatic carbocycles. The number of nitrogen functional groups attached to an aromatic ring is 1. The van der Waals surface area contributed by atoms with Crippen molar-refractivity contribution in [1.82, 2.24) is 9.97 Å². The Labute approximate surface area is 98.1 Å². The topological polar surface area (TPSA) is 61.0 Å². The van der Waals surface area contributed by atoms with Gasteiger partial charge in [-0.05, 0) is 13.0 Å². The van der Waals surface area contributed by atoms with Crippen molar-refractivity contribution >= 4 is 17.0 Å². The van der Waals surface area contributed by atoms with E-state index in [-0.39, 0.29) is 0 Å². The van der Waals surface area contributed by atoms with Gasteiger partial charge in [0.05, 0.1) is 17.8 Å². The summed E-state index contributed by atoms with van der Waals surface area (Å²) in [5, 5.41) is 0.